The van der Waals surface area contributed by atoms with E-state index in [2.05, 4.69) is 36.8 Å². The van der Waals surface area contributed by atoms with Crippen molar-refractivity contribution in [3.63, 3.8) is 0 Å². The Kier molecular flexibility index (Phi) is 4.64. The van der Waals surface area contributed by atoms with Crippen LogP contribution in [0.4, 0.5) is 0 Å². The zero-order chi connectivity index (χ0) is 12.3. The third-order valence-corrected chi connectivity index (χ3v) is 3.63. The highest BCUT2D eigenvalue weighted by Gasteiger charge is 2.23. The number of rotatable bonds is 3. The Balaban J connectivity index is 1.90. The highest BCUT2D eigenvalue weighted by Crippen LogP contribution is 2.16. The summed E-state index contributed by atoms with van der Waals surface area (Å²) in [5.74, 6) is 0.389. The van der Waals surface area contributed by atoms with Crippen LogP contribution in [0.2, 0.25) is 0 Å². The fraction of sp³-hybridized carbons (Fsp3) is 0.545. The van der Waals surface area contributed by atoms with Gasteiger partial charge in [-0.1, -0.05) is 15.9 Å². The number of piperazine rings is 1. The van der Waals surface area contributed by atoms with E-state index in [0.717, 1.165) is 38.1 Å². The fourth-order valence-corrected chi connectivity index (χ4v) is 2.69. The van der Waals surface area contributed by atoms with E-state index in [1.807, 2.05) is 4.90 Å². The van der Waals surface area contributed by atoms with Gasteiger partial charge in [-0.15, -0.1) is 0 Å². The van der Waals surface area contributed by atoms with Crippen LogP contribution in [0.3, 0.4) is 0 Å². The van der Waals surface area contributed by atoms with Crippen LogP contribution in [0.1, 0.15) is 10.6 Å². The van der Waals surface area contributed by atoms with Crippen molar-refractivity contribution in [2.24, 2.45) is 0 Å². The molecule has 1 aliphatic heterocycles. The molecular formula is C11H14Br2N2O2. The molecule has 0 aliphatic carbocycles. The second-order valence-electron chi connectivity index (χ2n) is 3.93. The normalized spacial score (nSPS) is 17.4. The lowest BCUT2D eigenvalue weighted by atomic mass is 10.3. The lowest BCUT2D eigenvalue weighted by molar-refractivity contribution is 0.0612. The standard InChI is InChI=1S/C11H14Br2N2O2/c12-3-4-14-5-7-15(8-6-14)11(16)9-1-2-10(13)17-9/h1-2H,3-8H2. The van der Waals surface area contributed by atoms with Gasteiger partial charge in [0, 0.05) is 38.1 Å². The molecule has 1 amide bonds. The average molecular weight is 366 g/mol. The van der Waals surface area contributed by atoms with Gasteiger partial charge in [-0.25, -0.2) is 0 Å². The van der Waals surface area contributed by atoms with E-state index in [4.69, 9.17) is 4.42 Å². The van der Waals surface area contributed by atoms with Crippen molar-refractivity contribution in [2.45, 2.75) is 0 Å². The predicted octanol–water partition coefficient (Wildman–Crippen LogP) is 2.19. The smallest absolute Gasteiger partial charge is 0.289 e. The van der Waals surface area contributed by atoms with E-state index in [-0.39, 0.29) is 5.91 Å². The van der Waals surface area contributed by atoms with Gasteiger partial charge in [-0.05, 0) is 28.1 Å². The minimum atomic E-state index is -0.0193. The second kappa shape index (κ2) is 6.02. The zero-order valence-corrected chi connectivity index (χ0v) is 12.5. The maximum atomic E-state index is 12.1. The fourth-order valence-electron chi connectivity index (χ4n) is 1.88. The third kappa shape index (κ3) is 3.33. The van der Waals surface area contributed by atoms with Crippen molar-refractivity contribution < 1.29 is 9.21 Å². The van der Waals surface area contributed by atoms with Gasteiger partial charge in [-0.3, -0.25) is 9.69 Å². The van der Waals surface area contributed by atoms with Crippen molar-refractivity contribution in [3.8, 4) is 0 Å². The third-order valence-electron chi connectivity index (χ3n) is 2.84. The Morgan fingerprint density at radius 2 is 2.00 bits per heavy atom. The van der Waals surface area contributed by atoms with Crippen molar-refractivity contribution in [3.05, 3.63) is 22.6 Å². The van der Waals surface area contributed by atoms with Crippen LogP contribution >= 0.6 is 31.9 Å². The molecule has 2 heterocycles. The molecule has 0 atom stereocenters. The first-order valence-electron chi connectivity index (χ1n) is 5.53. The Labute approximate surface area is 117 Å². The van der Waals surface area contributed by atoms with Gasteiger partial charge < -0.3 is 9.32 Å². The molecule has 0 radical (unpaired) electrons. The zero-order valence-electron chi connectivity index (χ0n) is 9.36. The van der Waals surface area contributed by atoms with Crippen molar-refractivity contribution in [1.82, 2.24) is 9.80 Å². The number of alkyl halides is 1. The van der Waals surface area contributed by atoms with Crippen molar-refractivity contribution >= 4 is 37.8 Å². The molecule has 0 N–H and O–H groups in total. The molecule has 0 bridgehead atoms. The lowest BCUT2D eigenvalue weighted by Crippen LogP contribution is -2.49. The molecule has 17 heavy (non-hydrogen) atoms. The summed E-state index contributed by atoms with van der Waals surface area (Å²) >= 11 is 6.63. The van der Waals surface area contributed by atoms with Gasteiger partial charge in [0.05, 0.1) is 0 Å². The number of hydrogen-bond acceptors (Lipinski definition) is 3. The molecule has 4 nitrogen and oxygen atoms in total. The molecule has 1 saturated heterocycles. The first-order valence-corrected chi connectivity index (χ1v) is 7.45. The minimum absolute atomic E-state index is 0.0193. The number of carbonyl (C=O) groups is 1. The molecule has 1 aliphatic rings. The topological polar surface area (TPSA) is 36.7 Å². The largest absolute Gasteiger partial charge is 0.444 e. The first-order chi connectivity index (χ1) is 8.20. The summed E-state index contributed by atoms with van der Waals surface area (Å²) in [6.45, 7) is 4.43. The molecule has 1 aromatic rings. The van der Waals surface area contributed by atoms with Gasteiger partial charge in [0.25, 0.3) is 5.91 Å². The van der Waals surface area contributed by atoms with E-state index in [1.54, 1.807) is 12.1 Å². The van der Waals surface area contributed by atoms with Crippen LogP contribution in [-0.2, 0) is 0 Å². The van der Waals surface area contributed by atoms with Gasteiger partial charge in [0.2, 0.25) is 0 Å². The van der Waals surface area contributed by atoms with Crippen LogP contribution in [0.15, 0.2) is 21.2 Å². The summed E-state index contributed by atoms with van der Waals surface area (Å²) in [7, 11) is 0. The Morgan fingerprint density at radius 1 is 1.29 bits per heavy atom. The monoisotopic (exact) mass is 364 g/mol. The molecule has 2 rings (SSSR count). The molecule has 1 fully saturated rings. The number of halogens is 2. The summed E-state index contributed by atoms with van der Waals surface area (Å²) in [4.78, 5) is 16.2. The Morgan fingerprint density at radius 3 is 2.53 bits per heavy atom. The highest BCUT2D eigenvalue weighted by atomic mass is 79.9. The van der Waals surface area contributed by atoms with E-state index in [9.17, 15) is 4.79 Å². The van der Waals surface area contributed by atoms with E-state index in [1.165, 1.54) is 0 Å². The Hall–Kier alpha value is -0.330. The van der Waals surface area contributed by atoms with Crippen LogP contribution < -0.4 is 0 Å². The molecule has 94 valence electrons. The molecule has 6 heteroatoms. The SMILES string of the molecule is O=C(c1ccc(Br)o1)N1CCN(CCBr)CC1. The summed E-state index contributed by atoms with van der Waals surface area (Å²) in [5.41, 5.74) is 0. The number of amides is 1. The summed E-state index contributed by atoms with van der Waals surface area (Å²) < 4.78 is 5.87. The Bertz CT molecular complexity index is 387. The minimum Gasteiger partial charge on any atom is -0.444 e. The van der Waals surface area contributed by atoms with Gasteiger partial charge in [0.15, 0.2) is 10.4 Å². The van der Waals surface area contributed by atoms with Gasteiger partial charge in [0.1, 0.15) is 0 Å². The lowest BCUT2D eigenvalue weighted by Gasteiger charge is -2.33. The van der Waals surface area contributed by atoms with E-state index in [0.29, 0.717) is 10.4 Å². The molecule has 0 unspecified atom stereocenters. The second-order valence-corrected chi connectivity index (χ2v) is 5.50. The number of carbonyl (C=O) groups excluding carboxylic acids is 1. The van der Waals surface area contributed by atoms with Crippen LogP contribution in [0.25, 0.3) is 0 Å². The van der Waals surface area contributed by atoms with Crippen molar-refractivity contribution in [2.75, 3.05) is 38.1 Å². The number of furan rings is 1. The highest BCUT2D eigenvalue weighted by molar-refractivity contribution is 9.10. The van der Waals surface area contributed by atoms with Crippen LogP contribution in [0, 0.1) is 0 Å². The van der Waals surface area contributed by atoms with Crippen LogP contribution in [0.5, 0.6) is 0 Å². The van der Waals surface area contributed by atoms with Crippen molar-refractivity contribution in [1.29, 1.82) is 0 Å². The first kappa shape index (κ1) is 13.1. The summed E-state index contributed by atoms with van der Waals surface area (Å²) in [5, 5.41) is 0.978. The van der Waals surface area contributed by atoms with Gasteiger partial charge in [-0.2, -0.15) is 0 Å². The van der Waals surface area contributed by atoms with Crippen LogP contribution in [-0.4, -0.2) is 53.8 Å². The average Bonchev–Trinajstić information content (AvgIpc) is 2.76. The number of nitrogens with zero attached hydrogens (tertiary/aromatic N) is 2. The van der Waals surface area contributed by atoms with E-state index < -0.39 is 0 Å². The molecule has 0 saturated carbocycles. The summed E-state index contributed by atoms with van der Waals surface area (Å²) in [6.07, 6.45) is 0. The molecule has 0 spiro atoms. The predicted molar refractivity (Wildman–Crippen MR) is 72.5 cm³/mol. The summed E-state index contributed by atoms with van der Waals surface area (Å²) in [6, 6.07) is 3.45. The molecule has 1 aromatic heterocycles. The maximum absolute atomic E-state index is 12.1. The molecule has 0 aromatic carbocycles. The van der Waals surface area contributed by atoms with Gasteiger partial charge >= 0.3 is 0 Å². The molecular weight excluding hydrogens is 352 g/mol. The maximum Gasteiger partial charge on any atom is 0.289 e. The quantitative estimate of drug-likeness (QED) is 0.770. The van der Waals surface area contributed by atoms with E-state index >= 15 is 0 Å². The number of hydrogen-bond donors (Lipinski definition) is 0.